The molecule has 0 aliphatic rings. The van der Waals surface area contributed by atoms with Gasteiger partial charge >= 0.3 is 0 Å². The second-order valence-electron chi connectivity index (χ2n) is 4.65. The molecule has 0 radical (unpaired) electrons. The molecule has 1 aromatic rings. The molecule has 0 bridgehead atoms. The Bertz CT molecular complexity index is 348. The SMILES string of the molecule is COc1ccc(OC)c(CC(C)(C)CBr)c1. The van der Waals surface area contributed by atoms with Gasteiger partial charge in [-0.15, -0.1) is 0 Å². The molecular weight excluding hydrogens is 268 g/mol. The van der Waals surface area contributed by atoms with Crippen molar-refractivity contribution < 1.29 is 9.47 Å². The van der Waals surface area contributed by atoms with Crippen LogP contribution in [0.25, 0.3) is 0 Å². The molecule has 3 heteroatoms. The molecule has 2 nitrogen and oxygen atoms in total. The maximum absolute atomic E-state index is 5.36. The highest BCUT2D eigenvalue weighted by atomic mass is 79.9. The van der Waals surface area contributed by atoms with Gasteiger partial charge in [-0.2, -0.15) is 0 Å². The van der Waals surface area contributed by atoms with Gasteiger partial charge < -0.3 is 9.47 Å². The van der Waals surface area contributed by atoms with E-state index in [1.807, 2.05) is 18.2 Å². The molecule has 1 rings (SSSR count). The van der Waals surface area contributed by atoms with E-state index in [9.17, 15) is 0 Å². The molecule has 0 amide bonds. The van der Waals surface area contributed by atoms with Crippen molar-refractivity contribution in [3.8, 4) is 11.5 Å². The van der Waals surface area contributed by atoms with E-state index in [2.05, 4.69) is 29.8 Å². The van der Waals surface area contributed by atoms with Gasteiger partial charge in [-0.3, -0.25) is 0 Å². The van der Waals surface area contributed by atoms with Crippen LogP contribution in [-0.2, 0) is 6.42 Å². The van der Waals surface area contributed by atoms with Crippen molar-refractivity contribution in [3.63, 3.8) is 0 Å². The van der Waals surface area contributed by atoms with Gasteiger partial charge in [-0.1, -0.05) is 29.8 Å². The molecule has 0 N–H and O–H groups in total. The lowest BCUT2D eigenvalue weighted by Gasteiger charge is -2.23. The summed E-state index contributed by atoms with van der Waals surface area (Å²) in [6.45, 7) is 4.45. The van der Waals surface area contributed by atoms with Gasteiger partial charge in [0, 0.05) is 5.33 Å². The molecule has 0 aromatic heterocycles. The third kappa shape index (κ3) is 3.41. The highest BCUT2D eigenvalue weighted by molar-refractivity contribution is 9.09. The normalized spacial score (nSPS) is 11.3. The van der Waals surface area contributed by atoms with Gasteiger partial charge in [0.15, 0.2) is 0 Å². The molecule has 0 atom stereocenters. The highest BCUT2D eigenvalue weighted by Crippen LogP contribution is 2.31. The Morgan fingerprint density at radius 3 is 2.38 bits per heavy atom. The minimum absolute atomic E-state index is 0.208. The van der Waals surface area contributed by atoms with Crippen molar-refractivity contribution in [2.75, 3.05) is 19.5 Å². The fraction of sp³-hybridized carbons (Fsp3) is 0.538. The van der Waals surface area contributed by atoms with E-state index in [-0.39, 0.29) is 5.41 Å². The third-order valence-electron chi connectivity index (χ3n) is 2.52. The number of halogens is 1. The first-order chi connectivity index (χ1) is 7.52. The Kier molecular flexibility index (Phi) is 4.66. The van der Waals surface area contributed by atoms with E-state index in [1.54, 1.807) is 14.2 Å². The Morgan fingerprint density at radius 2 is 1.88 bits per heavy atom. The summed E-state index contributed by atoms with van der Waals surface area (Å²) in [5.41, 5.74) is 1.39. The maximum atomic E-state index is 5.36. The minimum Gasteiger partial charge on any atom is -0.497 e. The smallest absolute Gasteiger partial charge is 0.122 e. The Morgan fingerprint density at radius 1 is 1.19 bits per heavy atom. The number of benzene rings is 1. The number of alkyl halides is 1. The second kappa shape index (κ2) is 5.58. The van der Waals surface area contributed by atoms with E-state index in [1.165, 1.54) is 5.56 Å². The van der Waals surface area contributed by atoms with Crippen LogP contribution in [0, 0.1) is 5.41 Å². The Hall–Kier alpha value is -0.700. The minimum atomic E-state index is 0.208. The van der Waals surface area contributed by atoms with E-state index in [0.29, 0.717) is 0 Å². The maximum Gasteiger partial charge on any atom is 0.122 e. The zero-order chi connectivity index (χ0) is 12.2. The lowest BCUT2D eigenvalue weighted by Crippen LogP contribution is -2.17. The van der Waals surface area contributed by atoms with Gasteiger partial charge in [0.05, 0.1) is 14.2 Å². The molecular formula is C13H19BrO2. The summed E-state index contributed by atoms with van der Waals surface area (Å²) in [7, 11) is 3.38. The van der Waals surface area contributed by atoms with Gasteiger partial charge in [-0.25, -0.2) is 0 Å². The van der Waals surface area contributed by atoms with E-state index in [0.717, 1.165) is 23.2 Å². The second-order valence-corrected chi connectivity index (χ2v) is 5.21. The summed E-state index contributed by atoms with van der Waals surface area (Å²) in [6, 6.07) is 5.92. The van der Waals surface area contributed by atoms with Gasteiger partial charge in [-0.05, 0) is 35.6 Å². The molecule has 0 saturated carbocycles. The van der Waals surface area contributed by atoms with E-state index in [4.69, 9.17) is 9.47 Å². The first-order valence-electron chi connectivity index (χ1n) is 5.29. The first kappa shape index (κ1) is 13.4. The lowest BCUT2D eigenvalue weighted by molar-refractivity contribution is 0.378. The van der Waals surface area contributed by atoms with Crippen LogP contribution in [-0.4, -0.2) is 19.5 Å². The van der Waals surface area contributed by atoms with Crippen LogP contribution in [0.5, 0.6) is 11.5 Å². The topological polar surface area (TPSA) is 18.5 Å². The summed E-state index contributed by atoms with van der Waals surface area (Å²) in [5.74, 6) is 1.80. The molecule has 1 aromatic carbocycles. The molecule has 0 aliphatic heterocycles. The Balaban J connectivity index is 3.00. The summed E-state index contributed by atoms with van der Waals surface area (Å²) in [6.07, 6.45) is 0.957. The summed E-state index contributed by atoms with van der Waals surface area (Å²) in [4.78, 5) is 0. The zero-order valence-electron chi connectivity index (χ0n) is 10.3. The van der Waals surface area contributed by atoms with Gasteiger partial charge in [0.2, 0.25) is 0 Å². The molecule has 0 heterocycles. The van der Waals surface area contributed by atoms with Crippen LogP contribution in [0.3, 0.4) is 0 Å². The molecule has 0 saturated heterocycles. The predicted molar refractivity (Wildman–Crippen MR) is 70.8 cm³/mol. The number of ether oxygens (including phenoxy) is 2. The molecule has 0 aliphatic carbocycles. The molecule has 90 valence electrons. The van der Waals surface area contributed by atoms with Crippen LogP contribution >= 0.6 is 15.9 Å². The number of methoxy groups -OCH3 is 2. The average molecular weight is 287 g/mol. The standard InChI is InChI=1S/C13H19BrO2/c1-13(2,9-14)8-10-7-11(15-3)5-6-12(10)16-4/h5-7H,8-9H2,1-4H3. The van der Waals surface area contributed by atoms with Crippen molar-refractivity contribution in [3.05, 3.63) is 23.8 Å². The van der Waals surface area contributed by atoms with E-state index < -0.39 is 0 Å². The summed E-state index contributed by atoms with van der Waals surface area (Å²) >= 11 is 3.54. The molecule has 16 heavy (non-hydrogen) atoms. The van der Waals surface area contributed by atoms with Crippen molar-refractivity contribution in [2.24, 2.45) is 5.41 Å². The zero-order valence-corrected chi connectivity index (χ0v) is 11.9. The largest absolute Gasteiger partial charge is 0.497 e. The first-order valence-corrected chi connectivity index (χ1v) is 6.41. The van der Waals surface area contributed by atoms with Crippen LogP contribution in [0.15, 0.2) is 18.2 Å². The number of hydrogen-bond acceptors (Lipinski definition) is 2. The fourth-order valence-electron chi connectivity index (χ4n) is 1.58. The third-order valence-corrected chi connectivity index (χ3v) is 4.04. The van der Waals surface area contributed by atoms with Crippen molar-refractivity contribution >= 4 is 15.9 Å². The quantitative estimate of drug-likeness (QED) is 0.769. The van der Waals surface area contributed by atoms with Crippen molar-refractivity contribution in [1.82, 2.24) is 0 Å². The van der Waals surface area contributed by atoms with Crippen LogP contribution in [0.4, 0.5) is 0 Å². The fourth-order valence-corrected chi connectivity index (χ4v) is 1.78. The number of rotatable bonds is 5. The summed E-state index contributed by atoms with van der Waals surface area (Å²) < 4.78 is 10.6. The van der Waals surface area contributed by atoms with Gasteiger partial charge in [0.25, 0.3) is 0 Å². The summed E-state index contributed by atoms with van der Waals surface area (Å²) in [5, 5.41) is 0.959. The monoisotopic (exact) mass is 286 g/mol. The van der Waals surface area contributed by atoms with Crippen LogP contribution in [0.1, 0.15) is 19.4 Å². The molecule has 0 fully saturated rings. The number of hydrogen-bond donors (Lipinski definition) is 0. The molecule has 0 spiro atoms. The average Bonchev–Trinajstić information content (AvgIpc) is 2.28. The van der Waals surface area contributed by atoms with Crippen molar-refractivity contribution in [2.45, 2.75) is 20.3 Å². The van der Waals surface area contributed by atoms with Crippen LogP contribution in [0.2, 0.25) is 0 Å². The predicted octanol–water partition coefficient (Wildman–Crippen LogP) is 3.67. The van der Waals surface area contributed by atoms with Crippen molar-refractivity contribution in [1.29, 1.82) is 0 Å². The van der Waals surface area contributed by atoms with E-state index >= 15 is 0 Å². The highest BCUT2D eigenvalue weighted by Gasteiger charge is 2.19. The lowest BCUT2D eigenvalue weighted by atomic mass is 9.87. The van der Waals surface area contributed by atoms with Crippen LogP contribution < -0.4 is 9.47 Å². The Labute approximate surface area is 106 Å². The molecule has 0 unspecified atom stereocenters. The van der Waals surface area contributed by atoms with Gasteiger partial charge in [0.1, 0.15) is 11.5 Å².